The number of amides is 1. The topological polar surface area (TPSA) is 41.1 Å². The summed E-state index contributed by atoms with van der Waals surface area (Å²) in [4.78, 5) is 12.4. The average molecular weight is 345 g/mol. The van der Waals surface area contributed by atoms with Crippen molar-refractivity contribution in [2.45, 2.75) is 0 Å². The maximum absolute atomic E-state index is 12.4. The van der Waals surface area contributed by atoms with Crippen molar-refractivity contribution in [3.63, 3.8) is 0 Å². The van der Waals surface area contributed by atoms with E-state index in [0.29, 0.717) is 22.3 Å². The number of rotatable bonds is 3. The fourth-order valence-corrected chi connectivity index (χ4v) is 2.68. The molecule has 0 unspecified atom stereocenters. The Morgan fingerprint density at radius 1 is 1.04 bits per heavy atom. The molecule has 0 aliphatic carbocycles. The molecular formula is C18H14Cl2N2O. The Morgan fingerprint density at radius 2 is 1.78 bits per heavy atom. The van der Waals surface area contributed by atoms with Crippen LogP contribution in [0.5, 0.6) is 0 Å². The lowest BCUT2D eigenvalue weighted by atomic mass is 10.0. The molecule has 1 aliphatic heterocycles. The SMILES string of the molecule is O=C(Nc1ccccc1-c1ccc(Cl)cc1)C1=C(Cl)NCC=C1. The van der Waals surface area contributed by atoms with Crippen LogP contribution < -0.4 is 10.6 Å². The van der Waals surface area contributed by atoms with Crippen molar-refractivity contribution in [1.82, 2.24) is 5.32 Å². The van der Waals surface area contributed by atoms with E-state index < -0.39 is 0 Å². The zero-order chi connectivity index (χ0) is 16.2. The molecule has 0 bridgehead atoms. The second kappa shape index (κ2) is 6.90. The minimum Gasteiger partial charge on any atom is -0.372 e. The number of carbonyl (C=O) groups excluding carboxylic acids is 1. The molecule has 3 rings (SSSR count). The summed E-state index contributed by atoms with van der Waals surface area (Å²) in [6.07, 6.45) is 3.57. The highest BCUT2D eigenvalue weighted by Gasteiger charge is 2.16. The third kappa shape index (κ3) is 3.58. The van der Waals surface area contributed by atoms with Crippen molar-refractivity contribution in [3.8, 4) is 11.1 Å². The van der Waals surface area contributed by atoms with Crippen molar-refractivity contribution in [2.24, 2.45) is 0 Å². The predicted octanol–water partition coefficient (Wildman–Crippen LogP) is 4.56. The normalized spacial score (nSPS) is 13.7. The number of dihydropyridines is 1. The van der Waals surface area contributed by atoms with E-state index in [-0.39, 0.29) is 5.91 Å². The molecule has 3 nitrogen and oxygen atoms in total. The minimum absolute atomic E-state index is 0.250. The summed E-state index contributed by atoms with van der Waals surface area (Å²) in [5.74, 6) is -0.250. The predicted molar refractivity (Wildman–Crippen MR) is 95.5 cm³/mol. The molecule has 0 saturated carbocycles. The molecule has 116 valence electrons. The van der Waals surface area contributed by atoms with Gasteiger partial charge in [-0.15, -0.1) is 0 Å². The highest BCUT2D eigenvalue weighted by molar-refractivity contribution is 6.32. The third-order valence-electron chi connectivity index (χ3n) is 3.47. The maximum Gasteiger partial charge on any atom is 0.258 e. The molecule has 2 aromatic carbocycles. The third-order valence-corrected chi connectivity index (χ3v) is 4.06. The fourth-order valence-electron chi connectivity index (χ4n) is 2.33. The zero-order valence-corrected chi connectivity index (χ0v) is 13.7. The largest absolute Gasteiger partial charge is 0.372 e. The van der Waals surface area contributed by atoms with Crippen LogP contribution in [0.25, 0.3) is 11.1 Å². The maximum atomic E-state index is 12.4. The second-order valence-corrected chi connectivity index (χ2v) is 5.83. The molecule has 2 aromatic rings. The number of anilines is 1. The van der Waals surface area contributed by atoms with E-state index in [1.165, 1.54) is 0 Å². The number of hydrogen-bond donors (Lipinski definition) is 2. The van der Waals surface area contributed by atoms with Crippen LogP contribution in [0.2, 0.25) is 5.02 Å². The quantitative estimate of drug-likeness (QED) is 0.801. The smallest absolute Gasteiger partial charge is 0.258 e. The summed E-state index contributed by atoms with van der Waals surface area (Å²) >= 11 is 12.0. The van der Waals surface area contributed by atoms with E-state index in [2.05, 4.69) is 10.6 Å². The van der Waals surface area contributed by atoms with Gasteiger partial charge < -0.3 is 10.6 Å². The van der Waals surface area contributed by atoms with Crippen LogP contribution in [0.1, 0.15) is 0 Å². The molecule has 23 heavy (non-hydrogen) atoms. The molecule has 2 N–H and O–H groups in total. The highest BCUT2D eigenvalue weighted by atomic mass is 35.5. The van der Waals surface area contributed by atoms with E-state index in [0.717, 1.165) is 16.8 Å². The van der Waals surface area contributed by atoms with Crippen LogP contribution in [0, 0.1) is 0 Å². The summed E-state index contributed by atoms with van der Waals surface area (Å²) < 4.78 is 0. The Labute approximate surface area is 144 Å². The van der Waals surface area contributed by atoms with Crippen LogP contribution in [0.4, 0.5) is 5.69 Å². The standard InChI is InChI=1S/C18H14Cl2N2O/c19-13-9-7-12(8-10-13)14-4-1-2-6-16(14)22-18(23)15-5-3-11-21-17(15)20/h1-10,21H,11H2,(H,22,23). The van der Waals surface area contributed by atoms with Gasteiger partial charge in [0.25, 0.3) is 5.91 Å². The van der Waals surface area contributed by atoms with Gasteiger partial charge in [-0.2, -0.15) is 0 Å². The van der Waals surface area contributed by atoms with Gasteiger partial charge in [-0.3, -0.25) is 4.79 Å². The molecule has 5 heteroatoms. The summed E-state index contributed by atoms with van der Waals surface area (Å²) in [6.45, 7) is 0.622. The van der Waals surface area contributed by atoms with E-state index >= 15 is 0 Å². The van der Waals surface area contributed by atoms with Crippen LogP contribution in [-0.2, 0) is 4.79 Å². The summed E-state index contributed by atoms with van der Waals surface area (Å²) in [7, 11) is 0. The van der Waals surface area contributed by atoms with Crippen LogP contribution in [-0.4, -0.2) is 12.5 Å². The molecule has 0 aromatic heterocycles. The Balaban J connectivity index is 1.91. The molecule has 0 fully saturated rings. The molecule has 0 atom stereocenters. The lowest BCUT2D eigenvalue weighted by Crippen LogP contribution is -2.22. The van der Waals surface area contributed by atoms with Gasteiger partial charge in [-0.05, 0) is 29.8 Å². The van der Waals surface area contributed by atoms with Crippen molar-refractivity contribution in [2.75, 3.05) is 11.9 Å². The van der Waals surface area contributed by atoms with Crippen molar-refractivity contribution >= 4 is 34.8 Å². The number of carbonyl (C=O) groups is 1. The minimum atomic E-state index is -0.250. The highest BCUT2D eigenvalue weighted by Crippen LogP contribution is 2.29. The van der Waals surface area contributed by atoms with Crippen LogP contribution in [0.3, 0.4) is 0 Å². The van der Waals surface area contributed by atoms with Crippen molar-refractivity contribution < 1.29 is 4.79 Å². The Bertz CT molecular complexity index is 795. The number of halogens is 2. The van der Waals surface area contributed by atoms with Gasteiger partial charge >= 0.3 is 0 Å². The summed E-state index contributed by atoms with van der Waals surface area (Å²) in [6, 6.07) is 15.1. The van der Waals surface area contributed by atoms with E-state index in [1.54, 1.807) is 6.08 Å². The zero-order valence-electron chi connectivity index (χ0n) is 12.1. The Hall–Kier alpha value is -2.23. The monoisotopic (exact) mass is 344 g/mol. The first-order valence-corrected chi connectivity index (χ1v) is 7.87. The van der Waals surface area contributed by atoms with Crippen LogP contribution in [0.15, 0.2) is 71.4 Å². The molecule has 0 spiro atoms. The van der Waals surface area contributed by atoms with Gasteiger partial charge in [0.05, 0.1) is 5.57 Å². The van der Waals surface area contributed by atoms with Crippen LogP contribution >= 0.6 is 23.2 Å². The van der Waals surface area contributed by atoms with Gasteiger partial charge in [0.2, 0.25) is 0 Å². The Kier molecular flexibility index (Phi) is 4.70. The molecular weight excluding hydrogens is 331 g/mol. The first-order chi connectivity index (χ1) is 11.1. The number of benzene rings is 2. The molecule has 1 heterocycles. The molecule has 0 radical (unpaired) electrons. The summed E-state index contributed by atoms with van der Waals surface area (Å²) in [5, 5.41) is 6.88. The second-order valence-electron chi connectivity index (χ2n) is 5.02. The Morgan fingerprint density at radius 3 is 2.52 bits per heavy atom. The first kappa shape index (κ1) is 15.7. The van der Waals surface area contributed by atoms with E-state index in [9.17, 15) is 4.79 Å². The van der Waals surface area contributed by atoms with Gasteiger partial charge in [0.1, 0.15) is 5.16 Å². The fraction of sp³-hybridized carbons (Fsp3) is 0.0556. The molecule has 1 aliphatic rings. The first-order valence-electron chi connectivity index (χ1n) is 7.11. The van der Waals surface area contributed by atoms with Gasteiger partial charge in [-0.1, -0.05) is 59.6 Å². The lowest BCUT2D eigenvalue weighted by Gasteiger charge is -2.15. The summed E-state index contributed by atoms with van der Waals surface area (Å²) in [5.41, 5.74) is 3.03. The van der Waals surface area contributed by atoms with Crippen molar-refractivity contribution in [1.29, 1.82) is 0 Å². The number of para-hydroxylation sites is 1. The number of hydrogen-bond acceptors (Lipinski definition) is 2. The molecule has 1 amide bonds. The van der Waals surface area contributed by atoms with Gasteiger partial charge in [-0.25, -0.2) is 0 Å². The van der Waals surface area contributed by atoms with E-state index in [4.69, 9.17) is 23.2 Å². The van der Waals surface area contributed by atoms with Gasteiger partial charge in [0.15, 0.2) is 0 Å². The van der Waals surface area contributed by atoms with Crippen molar-refractivity contribution in [3.05, 3.63) is 76.4 Å². The van der Waals surface area contributed by atoms with E-state index in [1.807, 2.05) is 54.6 Å². The average Bonchev–Trinajstić information content (AvgIpc) is 2.56. The number of nitrogens with one attached hydrogen (secondary N) is 2. The lowest BCUT2D eigenvalue weighted by molar-refractivity contribution is -0.112. The van der Waals surface area contributed by atoms with Gasteiger partial charge in [0, 0.05) is 22.8 Å². The molecule has 0 saturated heterocycles.